The normalized spacial score (nSPS) is 14.9. The van der Waals surface area contributed by atoms with Gasteiger partial charge in [0.25, 0.3) is 0 Å². The van der Waals surface area contributed by atoms with Crippen LogP contribution < -0.4 is 5.32 Å². The van der Waals surface area contributed by atoms with Crippen LogP contribution in [0, 0.1) is 5.82 Å². The van der Waals surface area contributed by atoms with Crippen LogP contribution in [0.3, 0.4) is 0 Å². The van der Waals surface area contributed by atoms with Gasteiger partial charge in [0.15, 0.2) is 5.82 Å². The molecule has 1 heterocycles. The number of nitrogens with one attached hydrogen (secondary N) is 1. The minimum Gasteiger partial charge on any atom is -0.383 e. The van der Waals surface area contributed by atoms with Crippen molar-refractivity contribution in [3.8, 4) is 0 Å². The van der Waals surface area contributed by atoms with E-state index in [0.717, 1.165) is 12.8 Å². The van der Waals surface area contributed by atoms with Crippen LogP contribution in [0.1, 0.15) is 49.0 Å². The SMILES string of the molecule is COCCN(Cc1ccccc1F)C(=O)N[C@@H](C)c1nc(C2CC2)no1. The van der Waals surface area contributed by atoms with Gasteiger partial charge in [0.1, 0.15) is 11.9 Å². The van der Waals surface area contributed by atoms with Crippen LogP contribution in [0.4, 0.5) is 9.18 Å². The number of hydrogen-bond donors (Lipinski definition) is 1. The Balaban J connectivity index is 1.64. The van der Waals surface area contributed by atoms with E-state index in [0.29, 0.717) is 36.3 Å². The quantitative estimate of drug-likeness (QED) is 0.781. The van der Waals surface area contributed by atoms with Crippen molar-refractivity contribution in [1.29, 1.82) is 0 Å². The maximum absolute atomic E-state index is 13.9. The zero-order chi connectivity index (χ0) is 18.5. The number of halogens is 1. The summed E-state index contributed by atoms with van der Waals surface area (Å²) in [5, 5.41) is 6.79. The van der Waals surface area contributed by atoms with Crippen molar-refractivity contribution >= 4 is 6.03 Å². The average molecular weight is 362 g/mol. The number of benzene rings is 1. The van der Waals surface area contributed by atoms with Gasteiger partial charge in [-0.3, -0.25) is 0 Å². The molecule has 0 unspecified atom stereocenters. The van der Waals surface area contributed by atoms with Gasteiger partial charge < -0.3 is 19.5 Å². The second kappa shape index (κ2) is 8.27. The Morgan fingerprint density at radius 2 is 2.23 bits per heavy atom. The van der Waals surface area contributed by atoms with Gasteiger partial charge in [-0.1, -0.05) is 23.4 Å². The van der Waals surface area contributed by atoms with Gasteiger partial charge in [0.05, 0.1) is 13.2 Å². The molecule has 0 aliphatic heterocycles. The van der Waals surface area contributed by atoms with Crippen LogP contribution in [0.15, 0.2) is 28.8 Å². The maximum Gasteiger partial charge on any atom is 0.318 e. The standard InChI is InChI=1S/C18H23FN4O3/c1-12(17-21-16(22-26-17)13-7-8-13)20-18(24)23(9-10-25-2)11-14-5-3-4-6-15(14)19/h3-6,12-13H,7-11H2,1-2H3,(H,20,24)/t12-/m0/s1. The van der Waals surface area contributed by atoms with Gasteiger partial charge in [0.2, 0.25) is 5.89 Å². The Labute approximate surface area is 151 Å². The third-order valence-corrected chi connectivity index (χ3v) is 4.28. The van der Waals surface area contributed by atoms with E-state index in [1.54, 1.807) is 32.2 Å². The van der Waals surface area contributed by atoms with Crippen molar-refractivity contribution in [3.05, 3.63) is 47.4 Å². The fraction of sp³-hybridized carbons (Fsp3) is 0.500. The molecule has 140 valence electrons. The first-order valence-corrected chi connectivity index (χ1v) is 8.69. The molecule has 1 aromatic carbocycles. The second-order valence-corrected chi connectivity index (χ2v) is 6.44. The Kier molecular flexibility index (Phi) is 5.82. The predicted molar refractivity (Wildman–Crippen MR) is 91.9 cm³/mol. The van der Waals surface area contributed by atoms with Crippen molar-refractivity contribution in [2.75, 3.05) is 20.3 Å². The molecule has 0 saturated heterocycles. The van der Waals surface area contributed by atoms with E-state index >= 15 is 0 Å². The molecule has 3 rings (SSSR count). The van der Waals surface area contributed by atoms with Crippen LogP contribution in [0.2, 0.25) is 0 Å². The van der Waals surface area contributed by atoms with E-state index in [1.807, 2.05) is 0 Å². The van der Waals surface area contributed by atoms with E-state index in [4.69, 9.17) is 9.26 Å². The Morgan fingerprint density at radius 1 is 1.46 bits per heavy atom. The minimum absolute atomic E-state index is 0.145. The summed E-state index contributed by atoms with van der Waals surface area (Å²) < 4.78 is 24.2. The van der Waals surface area contributed by atoms with Crippen LogP contribution >= 0.6 is 0 Å². The van der Waals surface area contributed by atoms with E-state index in [1.165, 1.54) is 11.0 Å². The van der Waals surface area contributed by atoms with Crippen LogP contribution in [0.5, 0.6) is 0 Å². The molecular weight excluding hydrogens is 339 g/mol. The number of nitrogens with zero attached hydrogens (tertiary/aromatic N) is 3. The lowest BCUT2D eigenvalue weighted by Gasteiger charge is -2.24. The molecule has 1 aromatic heterocycles. The Hall–Kier alpha value is -2.48. The average Bonchev–Trinajstić information content (AvgIpc) is 3.36. The van der Waals surface area contributed by atoms with E-state index in [-0.39, 0.29) is 18.4 Å². The summed E-state index contributed by atoms with van der Waals surface area (Å²) in [7, 11) is 1.56. The van der Waals surface area contributed by atoms with E-state index < -0.39 is 6.04 Å². The third kappa shape index (κ3) is 4.57. The first-order valence-electron chi connectivity index (χ1n) is 8.69. The summed E-state index contributed by atoms with van der Waals surface area (Å²) in [6.45, 7) is 2.61. The van der Waals surface area contributed by atoms with Gasteiger partial charge in [-0.25, -0.2) is 9.18 Å². The molecule has 7 nitrogen and oxygen atoms in total. The summed E-state index contributed by atoms with van der Waals surface area (Å²) in [6.07, 6.45) is 2.15. The second-order valence-electron chi connectivity index (χ2n) is 6.44. The van der Waals surface area contributed by atoms with Crippen molar-refractivity contribution in [1.82, 2.24) is 20.4 Å². The highest BCUT2D eigenvalue weighted by Crippen LogP contribution is 2.38. The molecule has 1 atom stereocenters. The highest BCUT2D eigenvalue weighted by molar-refractivity contribution is 5.74. The molecule has 1 aliphatic carbocycles. The molecule has 0 radical (unpaired) electrons. The predicted octanol–water partition coefficient (Wildman–Crippen LogP) is 3.01. The van der Waals surface area contributed by atoms with Crippen molar-refractivity contribution in [2.45, 2.75) is 38.3 Å². The zero-order valence-corrected chi connectivity index (χ0v) is 14.9. The lowest BCUT2D eigenvalue weighted by molar-refractivity contribution is 0.143. The number of amides is 2. The molecule has 2 amide bonds. The summed E-state index contributed by atoms with van der Waals surface area (Å²) >= 11 is 0. The molecule has 1 aliphatic rings. The molecule has 8 heteroatoms. The van der Waals surface area contributed by atoms with Crippen LogP contribution in [-0.4, -0.2) is 41.3 Å². The smallest absolute Gasteiger partial charge is 0.318 e. The highest BCUT2D eigenvalue weighted by Gasteiger charge is 2.30. The molecule has 1 saturated carbocycles. The third-order valence-electron chi connectivity index (χ3n) is 4.28. The van der Waals surface area contributed by atoms with Crippen molar-refractivity contribution < 1.29 is 18.4 Å². The Morgan fingerprint density at radius 3 is 2.92 bits per heavy atom. The van der Waals surface area contributed by atoms with Gasteiger partial charge in [-0.05, 0) is 25.8 Å². The molecule has 26 heavy (non-hydrogen) atoms. The van der Waals surface area contributed by atoms with Crippen LogP contribution in [0.25, 0.3) is 0 Å². The molecule has 0 spiro atoms. The summed E-state index contributed by atoms with van der Waals surface area (Å²) in [4.78, 5) is 18.5. The zero-order valence-electron chi connectivity index (χ0n) is 14.9. The lowest BCUT2D eigenvalue weighted by Crippen LogP contribution is -2.42. The summed E-state index contributed by atoms with van der Waals surface area (Å²) in [5.41, 5.74) is 0.445. The van der Waals surface area contributed by atoms with Crippen LogP contribution in [-0.2, 0) is 11.3 Å². The largest absolute Gasteiger partial charge is 0.383 e. The van der Waals surface area contributed by atoms with Gasteiger partial charge >= 0.3 is 6.03 Å². The lowest BCUT2D eigenvalue weighted by atomic mass is 10.2. The maximum atomic E-state index is 13.9. The molecular formula is C18H23FN4O3. The number of hydrogen-bond acceptors (Lipinski definition) is 5. The van der Waals surface area contributed by atoms with Gasteiger partial charge in [-0.15, -0.1) is 0 Å². The number of carbonyl (C=O) groups is 1. The fourth-order valence-electron chi connectivity index (χ4n) is 2.55. The first-order chi connectivity index (χ1) is 12.6. The van der Waals surface area contributed by atoms with Gasteiger partial charge in [0, 0.05) is 25.1 Å². The van der Waals surface area contributed by atoms with E-state index in [2.05, 4.69) is 15.5 Å². The number of carbonyl (C=O) groups excluding carboxylic acids is 1. The molecule has 1 fully saturated rings. The van der Waals surface area contributed by atoms with Gasteiger partial charge in [-0.2, -0.15) is 4.98 Å². The molecule has 0 bridgehead atoms. The van der Waals surface area contributed by atoms with E-state index in [9.17, 15) is 9.18 Å². The number of ether oxygens (including phenoxy) is 1. The fourth-order valence-corrected chi connectivity index (χ4v) is 2.55. The number of aromatic nitrogens is 2. The monoisotopic (exact) mass is 362 g/mol. The topological polar surface area (TPSA) is 80.5 Å². The molecule has 2 aromatic rings. The molecule has 1 N–H and O–H groups in total. The first kappa shape index (κ1) is 18.3. The summed E-state index contributed by atoms with van der Waals surface area (Å²) in [5.74, 6) is 1.11. The number of urea groups is 1. The number of methoxy groups -OCH3 is 1. The highest BCUT2D eigenvalue weighted by atomic mass is 19.1. The summed E-state index contributed by atoms with van der Waals surface area (Å²) in [6, 6.07) is 5.62. The Bertz CT molecular complexity index is 748. The number of rotatable bonds is 8. The minimum atomic E-state index is -0.437. The van der Waals surface area contributed by atoms with Crippen molar-refractivity contribution in [3.63, 3.8) is 0 Å². The van der Waals surface area contributed by atoms with Crippen molar-refractivity contribution in [2.24, 2.45) is 0 Å².